The second kappa shape index (κ2) is 7.38. The summed E-state index contributed by atoms with van der Waals surface area (Å²) in [5.41, 5.74) is -0.362. The van der Waals surface area contributed by atoms with Gasteiger partial charge in [0.2, 0.25) is 0 Å². The molecular formula is C23H22F5N5. The van der Waals surface area contributed by atoms with Crippen LogP contribution < -0.4 is 4.90 Å². The first-order valence-corrected chi connectivity index (χ1v) is 11.2. The van der Waals surface area contributed by atoms with Gasteiger partial charge >= 0.3 is 6.18 Å². The van der Waals surface area contributed by atoms with Crippen molar-refractivity contribution in [3.05, 3.63) is 59.0 Å². The molecule has 0 unspecified atom stereocenters. The van der Waals surface area contributed by atoms with E-state index in [-0.39, 0.29) is 29.8 Å². The van der Waals surface area contributed by atoms with Crippen molar-refractivity contribution in [3.63, 3.8) is 0 Å². The van der Waals surface area contributed by atoms with Crippen LogP contribution in [0, 0.1) is 17.6 Å². The highest BCUT2D eigenvalue weighted by Gasteiger charge is 2.50. The zero-order valence-corrected chi connectivity index (χ0v) is 17.7. The van der Waals surface area contributed by atoms with Crippen LogP contribution >= 0.6 is 0 Å². The predicted molar refractivity (Wildman–Crippen MR) is 111 cm³/mol. The summed E-state index contributed by atoms with van der Waals surface area (Å²) in [6, 6.07) is 5.08. The van der Waals surface area contributed by atoms with E-state index in [1.165, 1.54) is 22.6 Å². The van der Waals surface area contributed by atoms with E-state index in [0.29, 0.717) is 36.9 Å². The Labute approximate surface area is 186 Å². The van der Waals surface area contributed by atoms with Crippen LogP contribution in [0.15, 0.2) is 30.5 Å². The Balaban J connectivity index is 1.26. The molecule has 6 rings (SSSR count). The summed E-state index contributed by atoms with van der Waals surface area (Å²) in [6.45, 7) is 1.08. The van der Waals surface area contributed by atoms with Gasteiger partial charge in [0, 0.05) is 50.4 Å². The molecule has 1 aromatic carbocycles. The summed E-state index contributed by atoms with van der Waals surface area (Å²) in [5.74, 6) is -0.194. The molecule has 2 saturated carbocycles. The first-order valence-electron chi connectivity index (χ1n) is 11.2. The van der Waals surface area contributed by atoms with Gasteiger partial charge in [0.15, 0.2) is 5.65 Å². The largest absolute Gasteiger partial charge is 0.420 e. The molecule has 1 saturated heterocycles. The van der Waals surface area contributed by atoms with Gasteiger partial charge in [-0.05, 0) is 48.9 Å². The number of benzene rings is 1. The van der Waals surface area contributed by atoms with Crippen LogP contribution in [-0.2, 0) is 19.1 Å². The Morgan fingerprint density at radius 2 is 1.82 bits per heavy atom. The number of fused-ring (bicyclic) bond motifs is 2. The van der Waals surface area contributed by atoms with Gasteiger partial charge in [-0.2, -0.15) is 13.2 Å². The highest BCUT2D eigenvalue weighted by atomic mass is 19.4. The maximum Gasteiger partial charge on any atom is 0.420 e. The number of aromatic nitrogens is 3. The summed E-state index contributed by atoms with van der Waals surface area (Å²) < 4.78 is 71.3. The van der Waals surface area contributed by atoms with Crippen molar-refractivity contribution < 1.29 is 22.0 Å². The highest BCUT2D eigenvalue weighted by molar-refractivity contribution is 5.54. The van der Waals surface area contributed by atoms with Crippen LogP contribution in [0.2, 0.25) is 0 Å². The molecule has 2 aliphatic carbocycles. The minimum absolute atomic E-state index is 0.00927. The zero-order valence-electron chi connectivity index (χ0n) is 17.7. The molecule has 3 aliphatic rings. The molecule has 1 aliphatic heterocycles. The van der Waals surface area contributed by atoms with Gasteiger partial charge in [-0.1, -0.05) is 0 Å². The molecule has 3 fully saturated rings. The number of piperazine rings is 1. The molecule has 0 amide bonds. The van der Waals surface area contributed by atoms with Crippen LogP contribution in [0.5, 0.6) is 0 Å². The average molecular weight is 463 g/mol. The summed E-state index contributed by atoms with van der Waals surface area (Å²) in [5, 5.41) is 7.96. The molecule has 174 valence electrons. The number of alkyl halides is 3. The number of nitrogens with zero attached hydrogens (tertiary/aromatic N) is 5. The number of hydrogen-bond acceptors (Lipinski definition) is 4. The van der Waals surface area contributed by atoms with E-state index in [2.05, 4.69) is 10.2 Å². The molecule has 0 spiro atoms. The van der Waals surface area contributed by atoms with E-state index in [1.807, 2.05) is 9.80 Å². The van der Waals surface area contributed by atoms with E-state index in [9.17, 15) is 22.0 Å². The quantitative estimate of drug-likeness (QED) is 0.525. The number of hydrogen-bond donors (Lipinski definition) is 0. The molecular weight excluding hydrogens is 441 g/mol. The third kappa shape index (κ3) is 3.74. The van der Waals surface area contributed by atoms with Crippen LogP contribution in [0.3, 0.4) is 0 Å². The van der Waals surface area contributed by atoms with Crippen LogP contribution in [-0.4, -0.2) is 44.7 Å². The molecule has 0 N–H and O–H groups in total. The molecule has 10 heteroatoms. The Bertz CT molecular complexity index is 1220. The van der Waals surface area contributed by atoms with Gasteiger partial charge in [0.1, 0.15) is 23.0 Å². The molecule has 3 aromatic rings. The number of anilines is 1. The summed E-state index contributed by atoms with van der Waals surface area (Å²) >= 11 is 0. The van der Waals surface area contributed by atoms with Gasteiger partial charge in [0.05, 0.1) is 5.69 Å². The van der Waals surface area contributed by atoms with Crippen LogP contribution in [0.4, 0.5) is 27.6 Å². The summed E-state index contributed by atoms with van der Waals surface area (Å²) in [6.07, 6.45) is 0.626. The lowest BCUT2D eigenvalue weighted by Crippen LogP contribution is -2.46. The minimum atomic E-state index is -4.55. The van der Waals surface area contributed by atoms with E-state index in [1.54, 1.807) is 6.20 Å². The topological polar surface area (TPSA) is 36.7 Å². The van der Waals surface area contributed by atoms with Crippen molar-refractivity contribution in [2.45, 2.75) is 50.5 Å². The van der Waals surface area contributed by atoms with Gasteiger partial charge in [-0.15, -0.1) is 10.2 Å². The van der Waals surface area contributed by atoms with Gasteiger partial charge in [0.25, 0.3) is 0 Å². The molecule has 5 nitrogen and oxygen atoms in total. The van der Waals surface area contributed by atoms with E-state index in [4.69, 9.17) is 0 Å². The fraction of sp³-hybridized carbons (Fsp3) is 0.478. The Morgan fingerprint density at radius 3 is 2.55 bits per heavy atom. The van der Waals surface area contributed by atoms with Gasteiger partial charge in [-0.25, -0.2) is 8.78 Å². The number of rotatable bonds is 5. The maximum atomic E-state index is 14.3. The lowest BCUT2D eigenvalue weighted by atomic mass is 10.1. The normalized spacial score (nSPS) is 23.2. The lowest BCUT2D eigenvalue weighted by molar-refractivity contribution is -0.137. The minimum Gasteiger partial charge on any atom is -0.363 e. The molecule has 2 atom stereocenters. The number of halogens is 5. The van der Waals surface area contributed by atoms with Crippen molar-refractivity contribution in [2.75, 3.05) is 18.0 Å². The predicted octanol–water partition coefficient (Wildman–Crippen LogP) is 4.44. The highest BCUT2D eigenvalue weighted by Crippen LogP contribution is 2.42. The first-order chi connectivity index (χ1) is 15.8. The monoisotopic (exact) mass is 463 g/mol. The first kappa shape index (κ1) is 20.8. The fourth-order valence-electron chi connectivity index (χ4n) is 5.09. The van der Waals surface area contributed by atoms with E-state index < -0.39 is 23.4 Å². The van der Waals surface area contributed by atoms with Gasteiger partial charge < -0.3 is 4.90 Å². The maximum absolute atomic E-state index is 14.3. The molecule has 0 bridgehead atoms. The lowest BCUT2D eigenvalue weighted by Gasteiger charge is -2.36. The van der Waals surface area contributed by atoms with Gasteiger partial charge in [-0.3, -0.25) is 9.30 Å². The molecule has 33 heavy (non-hydrogen) atoms. The Kier molecular flexibility index (Phi) is 4.66. The van der Waals surface area contributed by atoms with Crippen molar-refractivity contribution in [2.24, 2.45) is 5.92 Å². The fourth-order valence-corrected chi connectivity index (χ4v) is 5.09. The Morgan fingerprint density at radius 1 is 1.00 bits per heavy atom. The molecule has 0 radical (unpaired) electrons. The second-order valence-electron chi connectivity index (χ2n) is 9.30. The average Bonchev–Trinajstić information content (AvgIpc) is 3.66. The third-order valence-electron chi connectivity index (χ3n) is 7.00. The second-order valence-corrected chi connectivity index (χ2v) is 9.30. The van der Waals surface area contributed by atoms with Crippen LogP contribution in [0.25, 0.3) is 5.65 Å². The van der Waals surface area contributed by atoms with E-state index in [0.717, 1.165) is 25.3 Å². The molecule has 3 heterocycles. The smallest absolute Gasteiger partial charge is 0.363 e. The van der Waals surface area contributed by atoms with Crippen molar-refractivity contribution in [1.29, 1.82) is 0 Å². The molecule has 2 aromatic heterocycles. The van der Waals surface area contributed by atoms with Crippen LogP contribution in [0.1, 0.15) is 36.2 Å². The SMILES string of the molecule is Fc1ccc(N2CCN(Cc3ccn4c(CC5CC5)nnc4c3C(F)(F)F)[C@@H]3C[C@@H]32)c(F)c1. The standard InChI is InChI=1S/C23H22F5N5/c24-15-3-4-17(16(25)10-15)32-8-7-31(18-11-19(18)32)12-14-5-6-33-20(9-13-1-2-13)29-30-22(33)21(14)23(26,27)28/h3-6,10,13,18-19H,1-2,7-9,11-12H2/t18-,19+/m1/s1. The third-order valence-corrected chi connectivity index (χ3v) is 7.00. The Hall–Kier alpha value is -2.75. The summed E-state index contributed by atoms with van der Waals surface area (Å²) in [7, 11) is 0. The van der Waals surface area contributed by atoms with E-state index >= 15 is 0 Å². The van der Waals surface area contributed by atoms with Crippen molar-refractivity contribution >= 4 is 11.3 Å². The van der Waals surface area contributed by atoms with Crippen molar-refractivity contribution in [1.82, 2.24) is 19.5 Å². The zero-order chi connectivity index (χ0) is 22.9. The van der Waals surface area contributed by atoms with Crippen molar-refractivity contribution in [3.8, 4) is 0 Å². The summed E-state index contributed by atoms with van der Waals surface area (Å²) in [4.78, 5) is 3.91. The number of pyridine rings is 1.